The van der Waals surface area contributed by atoms with Crippen LogP contribution < -0.4 is 10.3 Å². The third-order valence-corrected chi connectivity index (χ3v) is 3.07. The number of aromatic amines is 1. The van der Waals surface area contributed by atoms with Gasteiger partial charge in [0.25, 0.3) is 0 Å². The van der Waals surface area contributed by atoms with E-state index >= 15 is 0 Å². The van der Waals surface area contributed by atoms with Crippen LogP contribution >= 0.6 is 23.2 Å². The number of aromatic nitrogens is 1. The first kappa shape index (κ1) is 14.6. The van der Waals surface area contributed by atoms with Crippen molar-refractivity contribution in [3.63, 3.8) is 0 Å². The minimum atomic E-state index is -0.658. The number of esters is 1. The zero-order valence-electron chi connectivity index (χ0n) is 10.1. The molecule has 0 aliphatic carbocycles. The van der Waals surface area contributed by atoms with Crippen LogP contribution in [-0.2, 0) is 4.79 Å². The van der Waals surface area contributed by atoms with Gasteiger partial charge in [-0.25, -0.2) is 0 Å². The smallest absolute Gasteiger partial charge is 0.326 e. The Morgan fingerprint density at radius 3 is 2.50 bits per heavy atom. The van der Waals surface area contributed by atoms with Crippen LogP contribution in [-0.4, -0.2) is 28.5 Å². The average Bonchev–Trinajstić information content (AvgIpc) is 2.46. The molecule has 2 rings (SSSR count). The molecular weight excluding hydrogens is 305 g/mol. The van der Waals surface area contributed by atoms with Crippen molar-refractivity contribution >= 4 is 45.9 Å². The van der Waals surface area contributed by atoms with E-state index in [1.165, 1.54) is 24.3 Å². The predicted molar refractivity (Wildman–Crippen MR) is 76.0 cm³/mol. The molecule has 0 fully saturated rings. The van der Waals surface area contributed by atoms with Crippen LogP contribution in [0.3, 0.4) is 0 Å². The lowest BCUT2D eigenvalue weighted by atomic mass is 10.0. The monoisotopic (exact) mass is 313 g/mol. The molecule has 0 atom stereocenters. The maximum atomic E-state index is 11.7. The summed E-state index contributed by atoms with van der Waals surface area (Å²) in [6.45, 7) is 0. The van der Waals surface area contributed by atoms with Crippen molar-refractivity contribution in [3.05, 3.63) is 40.2 Å². The van der Waals surface area contributed by atoms with Crippen LogP contribution in [0.2, 0.25) is 0 Å². The topological polar surface area (TPSA) is 76.2 Å². The SMILES string of the molecule is O=C(CCl)Oc1ccc(C(=O)CCl)c2ccc(=O)[nH]c12. The van der Waals surface area contributed by atoms with Crippen LogP contribution in [0.15, 0.2) is 29.1 Å². The highest BCUT2D eigenvalue weighted by molar-refractivity contribution is 6.32. The average molecular weight is 314 g/mol. The molecule has 0 aliphatic rings. The van der Waals surface area contributed by atoms with E-state index in [-0.39, 0.29) is 34.4 Å². The second kappa shape index (κ2) is 6.07. The first-order valence-corrected chi connectivity index (χ1v) is 6.65. The summed E-state index contributed by atoms with van der Waals surface area (Å²) in [6, 6.07) is 5.66. The van der Waals surface area contributed by atoms with E-state index in [0.717, 1.165) is 0 Å². The molecule has 0 aliphatic heterocycles. The van der Waals surface area contributed by atoms with Crippen molar-refractivity contribution < 1.29 is 14.3 Å². The quantitative estimate of drug-likeness (QED) is 0.406. The maximum Gasteiger partial charge on any atom is 0.326 e. The zero-order valence-corrected chi connectivity index (χ0v) is 11.6. The number of benzene rings is 1. The molecule has 0 saturated carbocycles. The first-order valence-electron chi connectivity index (χ1n) is 5.58. The van der Waals surface area contributed by atoms with E-state index in [1.807, 2.05) is 0 Å². The number of pyridine rings is 1. The van der Waals surface area contributed by atoms with Crippen LogP contribution in [0.4, 0.5) is 0 Å². The van der Waals surface area contributed by atoms with Crippen molar-refractivity contribution in [2.45, 2.75) is 0 Å². The van der Waals surface area contributed by atoms with Gasteiger partial charge in [-0.05, 0) is 18.2 Å². The Kier molecular flexibility index (Phi) is 4.42. The van der Waals surface area contributed by atoms with Crippen molar-refractivity contribution in [2.24, 2.45) is 0 Å². The van der Waals surface area contributed by atoms with Crippen LogP contribution in [0, 0.1) is 0 Å². The fraction of sp³-hybridized carbons (Fsp3) is 0.154. The van der Waals surface area contributed by atoms with Crippen molar-refractivity contribution in [1.82, 2.24) is 4.98 Å². The number of ketones is 1. The number of halogens is 2. The Labute approximate surface area is 123 Å². The molecule has 0 bridgehead atoms. The van der Waals surface area contributed by atoms with Gasteiger partial charge in [0.05, 0.1) is 11.4 Å². The van der Waals surface area contributed by atoms with Gasteiger partial charge in [-0.15, -0.1) is 23.2 Å². The van der Waals surface area contributed by atoms with E-state index in [2.05, 4.69) is 4.98 Å². The molecule has 0 saturated heterocycles. The molecule has 1 heterocycles. The molecule has 5 nitrogen and oxygen atoms in total. The minimum Gasteiger partial charge on any atom is -0.423 e. The Balaban J connectivity index is 2.67. The number of H-pyrrole nitrogens is 1. The zero-order chi connectivity index (χ0) is 14.7. The fourth-order valence-corrected chi connectivity index (χ4v) is 1.97. The lowest BCUT2D eigenvalue weighted by Crippen LogP contribution is -2.12. The molecule has 0 spiro atoms. The third-order valence-electron chi connectivity index (χ3n) is 2.61. The number of carbonyl (C=O) groups is 2. The standard InChI is InChI=1S/C13H9Cl2NO4/c14-5-9(17)7-1-3-10(20-12(19)6-15)13-8(7)2-4-11(18)16-13/h1-4H,5-6H2,(H,16,18). The molecule has 2 aromatic rings. The number of nitrogens with one attached hydrogen (secondary N) is 1. The van der Waals surface area contributed by atoms with E-state index in [4.69, 9.17) is 27.9 Å². The summed E-state index contributed by atoms with van der Waals surface area (Å²) in [4.78, 5) is 36.9. The van der Waals surface area contributed by atoms with Gasteiger partial charge < -0.3 is 9.72 Å². The third kappa shape index (κ3) is 2.84. The van der Waals surface area contributed by atoms with Crippen molar-refractivity contribution in [3.8, 4) is 5.75 Å². The Morgan fingerprint density at radius 1 is 1.10 bits per heavy atom. The molecule has 0 radical (unpaired) electrons. The van der Waals surface area contributed by atoms with Gasteiger partial charge in [-0.3, -0.25) is 14.4 Å². The van der Waals surface area contributed by atoms with Gasteiger partial charge in [0.1, 0.15) is 5.88 Å². The van der Waals surface area contributed by atoms with Gasteiger partial charge in [-0.2, -0.15) is 0 Å². The highest BCUT2D eigenvalue weighted by Crippen LogP contribution is 2.26. The number of ether oxygens (including phenoxy) is 1. The summed E-state index contributed by atoms with van der Waals surface area (Å²) in [6.07, 6.45) is 0. The molecule has 1 aromatic carbocycles. The molecule has 20 heavy (non-hydrogen) atoms. The molecule has 104 valence electrons. The number of carbonyl (C=O) groups excluding carboxylic acids is 2. The van der Waals surface area contributed by atoms with Crippen molar-refractivity contribution in [2.75, 3.05) is 11.8 Å². The lowest BCUT2D eigenvalue weighted by molar-refractivity contribution is -0.131. The summed E-state index contributed by atoms with van der Waals surface area (Å²) in [5.74, 6) is -1.32. The van der Waals surface area contributed by atoms with E-state index in [1.54, 1.807) is 0 Å². The largest absolute Gasteiger partial charge is 0.423 e. The Hall–Kier alpha value is -1.85. The predicted octanol–water partition coefficient (Wildman–Crippen LogP) is 2.09. The molecule has 0 unspecified atom stereocenters. The normalized spacial score (nSPS) is 10.5. The van der Waals surface area contributed by atoms with Gasteiger partial charge in [0, 0.05) is 17.0 Å². The summed E-state index contributed by atoms with van der Waals surface area (Å²) in [7, 11) is 0. The Morgan fingerprint density at radius 2 is 1.85 bits per heavy atom. The highest BCUT2D eigenvalue weighted by Gasteiger charge is 2.14. The number of fused-ring (bicyclic) bond motifs is 1. The number of alkyl halides is 2. The van der Waals surface area contributed by atoms with Gasteiger partial charge in [0.2, 0.25) is 5.56 Å². The number of hydrogen-bond acceptors (Lipinski definition) is 4. The van der Waals surface area contributed by atoms with E-state index in [0.29, 0.717) is 10.9 Å². The van der Waals surface area contributed by atoms with E-state index < -0.39 is 5.97 Å². The number of rotatable bonds is 4. The number of hydrogen-bond donors (Lipinski definition) is 1. The maximum absolute atomic E-state index is 11.7. The van der Waals surface area contributed by atoms with Crippen molar-refractivity contribution in [1.29, 1.82) is 0 Å². The first-order chi connectivity index (χ1) is 9.56. The molecule has 7 heteroatoms. The minimum absolute atomic E-state index is 0.134. The molecule has 1 aromatic heterocycles. The van der Waals surface area contributed by atoms with Crippen LogP contribution in [0.1, 0.15) is 10.4 Å². The van der Waals surface area contributed by atoms with E-state index in [9.17, 15) is 14.4 Å². The molecule has 0 amide bonds. The van der Waals surface area contributed by atoms with Crippen LogP contribution in [0.25, 0.3) is 10.9 Å². The van der Waals surface area contributed by atoms with Gasteiger partial charge in [-0.1, -0.05) is 0 Å². The lowest BCUT2D eigenvalue weighted by Gasteiger charge is -2.09. The number of Topliss-reactive ketones (excluding diaryl/α,β-unsaturated/α-hetero) is 1. The second-order valence-electron chi connectivity index (χ2n) is 3.89. The van der Waals surface area contributed by atoms with Crippen LogP contribution in [0.5, 0.6) is 5.75 Å². The summed E-state index contributed by atoms with van der Waals surface area (Å²) in [5, 5.41) is 0.454. The summed E-state index contributed by atoms with van der Waals surface area (Å²) >= 11 is 10.9. The molecular formula is C13H9Cl2NO4. The summed E-state index contributed by atoms with van der Waals surface area (Å²) < 4.78 is 5.01. The molecule has 1 N–H and O–H groups in total. The fourth-order valence-electron chi connectivity index (χ4n) is 1.78. The van der Waals surface area contributed by atoms with Gasteiger partial charge >= 0.3 is 5.97 Å². The van der Waals surface area contributed by atoms with Gasteiger partial charge in [0.15, 0.2) is 11.5 Å². The Bertz CT molecular complexity index is 739. The summed E-state index contributed by atoms with van der Waals surface area (Å²) in [5.41, 5.74) is 0.222. The second-order valence-corrected chi connectivity index (χ2v) is 4.42. The highest BCUT2D eigenvalue weighted by atomic mass is 35.5.